The molecule has 1 heterocycles. The molecule has 0 bridgehead atoms. The molecule has 0 radical (unpaired) electrons. The van der Waals surface area contributed by atoms with E-state index in [-0.39, 0.29) is 17.7 Å². The maximum absolute atomic E-state index is 13.8. The zero-order valence-electron chi connectivity index (χ0n) is 23.3. The molecule has 208 valence electrons. The molecule has 41 heavy (non-hydrogen) atoms. The van der Waals surface area contributed by atoms with Gasteiger partial charge in [0, 0.05) is 50.5 Å². The molecule has 1 saturated carbocycles. The van der Waals surface area contributed by atoms with Crippen molar-refractivity contribution < 1.29 is 9.59 Å². The lowest BCUT2D eigenvalue weighted by Crippen LogP contribution is -2.24. The van der Waals surface area contributed by atoms with E-state index in [1.807, 2.05) is 60.7 Å². The van der Waals surface area contributed by atoms with Crippen molar-refractivity contribution in [2.75, 3.05) is 10.6 Å². The highest BCUT2D eigenvalue weighted by Gasteiger charge is 2.24. The highest BCUT2D eigenvalue weighted by molar-refractivity contribution is 8.00. The zero-order valence-corrected chi connectivity index (χ0v) is 24.1. The summed E-state index contributed by atoms with van der Waals surface area (Å²) in [7, 11) is 0. The van der Waals surface area contributed by atoms with Crippen LogP contribution < -0.4 is 10.6 Å². The molecule has 2 amide bonds. The highest BCUT2D eigenvalue weighted by atomic mass is 32.2. The third kappa shape index (κ3) is 5.89. The number of fused-ring (bicyclic) bond motifs is 3. The van der Waals surface area contributed by atoms with Crippen LogP contribution in [0.1, 0.15) is 49.8 Å². The van der Waals surface area contributed by atoms with E-state index in [1.165, 1.54) is 29.1 Å². The molecule has 1 fully saturated rings. The zero-order chi connectivity index (χ0) is 28.2. The Balaban J connectivity index is 1.25. The number of hydrogen-bond acceptors (Lipinski definition) is 3. The lowest BCUT2D eigenvalue weighted by atomic mass is 9.88. The second kappa shape index (κ2) is 12.2. The van der Waals surface area contributed by atoms with Gasteiger partial charge in [-0.1, -0.05) is 73.9 Å². The van der Waals surface area contributed by atoms with E-state index in [2.05, 4.69) is 58.5 Å². The monoisotopic (exact) mass is 561 g/mol. The Labute approximate surface area is 245 Å². The van der Waals surface area contributed by atoms with E-state index in [1.54, 1.807) is 0 Å². The van der Waals surface area contributed by atoms with Crippen LogP contribution in [0, 0.1) is 5.92 Å². The molecule has 4 aromatic carbocycles. The summed E-state index contributed by atoms with van der Waals surface area (Å²) < 4.78 is 2.30. The number of carbonyl (C=O) groups is 2. The molecule has 0 saturated heterocycles. The molecule has 1 unspecified atom stereocenters. The molecule has 5 aromatic rings. The minimum absolute atomic E-state index is 0.0866. The van der Waals surface area contributed by atoms with E-state index in [4.69, 9.17) is 0 Å². The minimum atomic E-state index is -0.465. The molecule has 1 aromatic heterocycles. The summed E-state index contributed by atoms with van der Waals surface area (Å²) in [4.78, 5) is 27.6. The van der Waals surface area contributed by atoms with Crippen LogP contribution in [0.4, 0.5) is 11.4 Å². The van der Waals surface area contributed by atoms with Crippen LogP contribution in [-0.4, -0.2) is 16.4 Å². The predicted octanol–water partition coefficient (Wildman–Crippen LogP) is 8.81. The number of thioether (sulfide) groups is 1. The molecule has 1 atom stereocenters. The third-order valence-electron chi connectivity index (χ3n) is 8.03. The Morgan fingerprint density at radius 2 is 1.51 bits per heavy atom. The molecule has 5 nitrogen and oxygen atoms in total. The van der Waals surface area contributed by atoms with E-state index in [0.29, 0.717) is 0 Å². The quantitative estimate of drug-likeness (QED) is 0.186. The van der Waals surface area contributed by atoms with Crippen LogP contribution in [0.5, 0.6) is 0 Å². The predicted molar refractivity (Wildman–Crippen MR) is 170 cm³/mol. The number of amides is 2. The smallest absolute Gasteiger partial charge is 0.242 e. The summed E-state index contributed by atoms with van der Waals surface area (Å²) in [6.07, 6.45) is 5.38. The van der Waals surface area contributed by atoms with Crippen LogP contribution in [0.2, 0.25) is 0 Å². The number of aromatic nitrogens is 1. The van der Waals surface area contributed by atoms with Gasteiger partial charge < -0.3 is 15.2 Å². The fraction of sp³-hybridized carbons (Fsp3) is 0.257. The van der Waals surface area contributed by atoms with E-state index in [9.17, 15) is 9.59 Å². The van der Waals surface area contributed by atoms with E-state index in [0.717, 1.165) is 65.0 Å². The Morgan fingerprint density at radius 3 is 2.32 bits per heavy atom. The Bertz CT molecular complexity index is 1690. The number of carbonyl (C=O) groups excluding carboxylic acids is 2. The molecule has 0 spiro atoms. The fourth-order valence-electron chi connectivity index (χ4n) is 5.97. The number of hydrogen-bond donors (Lipinski definition) is 2. The van der Waals surface area contributed by atoms with Crippen LogP contribution in [0.15, 0.2) is 102 Å². The second-order valence-corrected chi connectivity index (χ2v) is 11.9. The van der Waals surface area contributed by atoms with Gasteiger partial charge >= 0.3 is 0 Å². The number of para-hydroxylation sites is 1. The van der Waals surface area contributed by atoms with Gasteiger partial charge in [-0.05, 0) is 67.8 Å². The first-order chi connectivity index (χ1) is 20.1. The molecule has 6 heteroatoms. The van der Waals surface area contributed by atoms with E-state index < -0.39 is 5.25 Å². The van der Waals surface area contributed by atoms with Crippen LogP contribution in [0.3, 0.4) is 0 Å². The maximum atomic E-state index is 13.8. The highest BCUT2D eigenvalue weighted by Crippen LogP contribution is 2.38. The van der Waals surface area contributed by atoms with Crippen molar-refractivity contribution in [2.24, 2.45) is 5.92 Å². The van der Waals surface area contributed by atoms with Crippen LogP contribution in [0.25, 0.3) is 21.8 Å². The number of rotatable bonds is 8. The van der Waals surface area contributed by atoms with Gasteiger partial charge in [-0.3, -0.25) is 9.59 Å². The molecule has 2 N–H and O–H groups in total. The average Bonchev–Trinajstić information content (AvgIpc) is 3.34. The van der Waals surface area contributed by atoms with Gasteiger partial charge in [0.25, 0.3) is 0 Å². The van der Waals surface area contributed by atoms with Crippen LogP contribution in [-0.2, 0) is 16.1 Å². The van der Waals surface area contributed by atoms with Crippen molar-refractivity contribution >= 4 is 56.8 Å². The Kier molecular flexibility index (Phi) is 8.10. The topological polar surface area (TPSA) is 63.1 Å². The summed E-state index contributed by atoms with van der Waals surface area (Å²) in [5, 5.41) is 8.16. The van der Waals surface area contributed by atoms with Gasteiger partial charge in [0.1, 0.15) is 5.25 Å². The number of nitrogens with zero attached hydrogens (tertiary/aromatic N) is 1. The van der Waals surface area contributed by atoms with Crippen molar-refractivity contribution in [3.63, 3.8) is 0 Å². The molecule has 1 aliphatic carbocycles. The van der Waals surface area contributed by atoms with Crippen molar-refractivity contribution in [2.45, 2.75) is 55.7 Å². The number of benzene rings is 4. The lowest BCUT2D eigenvalue weighted by Gasteiger charge is -2.21. The first kappa shape index (κ1) is 27.2. The normalized spacial score (nSPS) is 14.7. The van der Waals surface area contributed by atoms with Gasteiger partial charge in [0.05, 0.1) is 0 Å². The standard InChI is InChI=1S/C35H35N3O2S/c1-2-38-31-19-10-9-18-29(31)30-23-27(20-21-32(30)38)37-35(40)33(24-12-5-3-6-13-24)41-28-17-11-16-26(22-28)36-34(39)25-14-7-4-8-15-25/h3,5-6,9-13,16-23,25,33H,2,4,7-8,14-15H2,1H3,(H,36,39)(H,37,40). The summed E-state index contributed by atoms with van der Waals surface area (Å²) >= 11 is 1.49. The molecular formula is C35H35N3O2S. The largest absolute Gasteiger partial charge is 0.341 e. The minimum Gasteiger partial charge on any atom is -0.341 e. The van der Waals surface area contributed by atoms with Crippen molar-refractivity contribution in [3.8, 4) is 0 Å². The summed E-state index contributed by atoms with van der Waals surface area (Å²) in [5.74, 6) is 0.104. The Morgan fingerprint density at radius 1 is 0.780 bits per heavy atom. The van der Waals surface area contributed by atoms with Crippen LogP contribution >= 0.6 is 11.8 Å². The first-order valence-electron chi connectivity index (χ1n) is 14.5. The summed E-state index contributed by atoms with van der Waals surface area (Å²) in [6, 6.07) is 32.3. The van der Waals surface area contributed by atoms with Crippen molar-refractivity contribution in [1.82, 2.24) is 4.57 Å². The Hall–Kier alpha value is -4.03. The summed E-state index contributed by atoms with van der Waals surface area (Å²) in [5.41, 5.74) is 4.83. The van der Waals surface area contributed by atoms with E-state index >= 15 is 0 Å². The first-order valence-corrected chi connectivity index (χ1v) is 15.4. The molecule has 6 rings (SSSR count). The van der Waals surface area contributed by atoms with Gasteiger partial charge in [-0.15, -0.1) is 11.8 Å². The van der Waals surface area contributed by atoms with Crippen molar-refractivity contribution in [1.29, 1.82) is 0 Å². The second-order valence-electron chi connectivity index (χ2n) is 10.7. The summed E-state index contributed by atoms with van der Waals surface area (Å²) in [6.45, 7) is 3.03. The van der Waals surface area contributed by atoms with Gasteiger partial charge in [-0.25, -0.2) is 0 Å². The van der Waals surface area contributed by atoms with Crippen molar-refractivity contribution in [3.05, 3.63) is 103 Å². The SMILES string of the molecule is CCn1c2ccccc2c2cc(NC(=O)C(Sc3cccc(NC(=O)C4CCCCC4)c3)c3ccccc3)ccc21. The molecular weight excluding hydrogens is 526 g/mol. The fourth-order valence-corrected chi connectivity index (χ4v) is 7.06. The number of anilines is 2. The number of aryl methyl sites for hydroxylation is 1. The maximum Gasteiger partial charge on any atom is 0.242 e. The lowest BCUT2D eigenvalue weighted by molar-refractivity contribution is -0.120. The van der Waals surface area contributed by atoms with Gasteiger partial charge in [0.15, 0.2) is 0 Å². The number of nitrogens with one attached hydrogen (secondary N) is 2. The third-order valence-corrected chi connectivity index (χ3v) is 9.28. The molecule has 0 aliphatic heterocycles. The molecule has 1 aliphatic rings. The van der Waals surface area contributed by atoms with Gasteiger partial charge in [-0.2, -0.15) is 0 Å². The van der Waals surface area contributed by atoms with Gasteiger partial charge in [0.2, 0.25) is 11.8 Å². The average molecular weight is 562 g/mol.